The maximum absolute atomic E-state index is 11.4. The number of carbonyl (C=O) groups is 3. The molecule has 0 radical (unpaired) electrons. The molecule has 0 aliphatic heterocycles. The maximum Gasteiger partial charge on any atom is 0.326 e. The lowest BCUT2D eigenvalue weighted by molar-refractivity contribution is -0.142. The molecule has 0 spiro atoms. The molecule has 0 unspecified atom stereocenters. The summed E-state index contributed by atoms with van der Waals surface area (Å²) in [7, 11) is 0. The molecule has 250 valence electrons. The normalized spacial score (nSPS) is 21.6. The van der Waals surface area contributed by atoms with Gasteiger partial charge in [-0.1, -0.05) is 90.9 Å². The molecule has 8 heteroatoms. The average Bonchev–Trinajstić information content (AvgIpc) is 2.99. The fourth-order valence-corrected chi connectivity index (χ4v) is 7.10. The molecule has 1 amide bonds. The molecule has 0 aromatic heterocycles. The molecule has 4 fully saturated rings. The molecule has 0 saturated heterocycles. The van der Waals surface area contributed by atoms with E-state index >= 15 is 0 Å². The van der Waals surface area contributed by atoms with E-state index in [4.69, 9.17) is 10.2 Å². The smallest absolute Gasteiger partial charge is 0.326 e. The Bertz CT molecular complexity index is 687. The summed E-state index contributed by atoms with van der Waals surface area (Å²) in [6, 6.07) is 2.59. The van der Waals surface area contributed by atoms with Crippen LogP contribution in [0.25, 0.3) is 0 Å². The Morgan fingerprint density at radius 3 is 1.21 bits per heavy atom. The van der Waals surface area contributed by atoms with Crippen LogP contribution in [0.3, 0.4) is 0 Å². The minimum absolute atomic E-state index is 0.0359. The average molecular weight is 608 g/mol. The molecule has 43 heavy (non-hydrogen) atoms. The molecule has 4 aliphatic carbocycles. The van der Waals surface area contributed by atoms with Gasteiger partial charge in [-0.2, -0.15) is 0 Å². The van der Waals surface area contributed by atoms with Crippen LogP contribution in [0.15, 0.2) is 0 Å². The molecule has 0 aromatic rings. The molecule has 1 atom stereocenters. The Morgan fingerprint density at radius 2 is 0.930 bits per heavy atom. The van der Waals surface area contributed by atoms with Crippen molar-refractivity contribution in [1.29, 1.82) is 0 Å². The van der Waals surface area contributed by atoms with Crippen LogP contribution in [0.4, 0.5) is 0 Å². The summed E-state index contributed by atoms with van der Waals surface area (Å²) < 4.78 is 0. The van der Waals surface area contributed by atoms with Gasteiger partial charge in [0.05, 0.1) is 0 Å². The quantitative estimate of drug-likeness (QED) is 0.157. The van der Waals surface area contributed by atoms with Crippen molar-refractivity contribution in [3.63, 3.8) is 0 Å². The van der Waals surface area contributed by atoms with Gasteiger partial charge in [0.1, 0.15) is 6.04 Å². The Morgan fingerprint density at radius 1 is 0.581 bits per heavy atom. The van der Waals surface area contributed by atoms with Crippen molar-refractivity contribution in [1.82, 2.24) is 16.0 Å². The number of nitrogens with one attached hydrogen (secondary N) is 3. The molecule has 5 N–H and O–H groups in total. The zero-order valence-electron chi connectivity index (χ0n) is 27.6. The van der Waals surface area contributed by atoms with Gasteiger partial charge in [0, 0.05) is 37.0 Å². The van der Waals surface area contributed by atoms with E-state index in [1.54, 1.807) is 0 Å². The molecule has 4 rings (SSSR count). The Kier molecular flexibility index (Phi) is 19.9. The van der Waals surface area contributed by atoms with Crippen LogP contribution in [0, 0.1) is 5.92 Å². The Labute approximate surface area is 262 Å². The van der Waals surface area contributed by atoms with Crippen molar-refractivity contribution in [3.05, 3.63) is 0 Å². The lowest BCUT2D eigenvalue weighted by Crippen LogP contribution is -2.41. The lowest BCUT2D eigenvalue weighted by Gasteiger charge is -2.30. The van der Waals surface area contributed by atoms with Gasteiger partial charge in [0.25, 0.3) is 0 Å². The zero-order chi connectivity index (χ0) is 31.3. The van der Waals surface area contributed by atoms with Crippen LogP contribution < -0.4 is 16.0 Å². The molecule has 4 saturated carbocycles. The standard InChI is InChI=1S/2C12H23N.C11H19NO5/c2*1-3-7-11(8-4-1)13-12-9-5-2-6-10-12;1-7(2)6-8(11(16)17)12-9(13)4-3-5-10(14)15/h2*11-13H,1-10H2;7-8H,3-6H2,1-2H3,(H,12,13)(H,14,15)(H,16,17)/t;;8-/m..0/s1. The number of hydrogen-bond donors (Lipinski definition) is 5. The van der Waals surface area contributed by atoms with Crippen LogP contribution in [0.2, 0.25) is 0 Å². The summed E-state index contributed by atoms with van der Waals surface area (Å²) in [5.41, 5.74) is 0. The third-order valence-corrected chi connectivity index (χ3v) is 9.50. The fourth-order valence-electron chi connectivity index (χ4n) is 7.10. The summed E-state index contributed by atoms with van der Waals surface area (Å²) in [6.45, 7) is 3.74. The highest BCUT2D eigenvalue weighted by Gasteiger charge is 2.22. The lowest BCUT2D eigenvalue weighted by atomic mass is 9.91. The van der Waals surface area contributed by atoms with Gasteiger partial charge in [0.2, 0.25) is 5.91 Å². The highest BCUT2D eigenvalue weighted by molar-refractivity contribution is 5.83. The largest absolute Gasteiger partial charge is 0.481 e. The molecule has 4 aliphatic rings. The van der Waals surface area contributed by atoms with Gasteiger partial charge in [-0.05, 0) is 70.1 Å². The van der Waals surface area contributed by atoms with Gasteiger partial charge in [-0.15, -0.1) is 0 Å². The fraction of sp³-hybridized carbons (Fsp3) is 0.914. The van der Waals surface area contributed by atoms with Crippen LogP contribution in [-0.4, -0.2) is 58.3 Å². The maximum atomic E-state index is 11.4. The summed E-state index contributed by atoms with van der Waals surface area (Å²) in [5.74, 6) is -2.28. The first-order valence-electron chi connectivity index (χ1n) is 18.0. The Hall–Kier alpha value is -1.67. The summed E-state index contributed by atoms with van der Waals surface area (Å²) in [6.07, 6.45) is 29.7. The molecule has 0 aromatic carbocycles. The predicted molar refractivity (Wildman–Crippen MR) is 174 cm³/mol. The van der Waals surface area contributed by atoms with E-state index < -0.39 is 23.9 Å². The van der Waals surface area contributed by atoms with E-state index in [9.17, 15) is 14.4 Å². The van der Waals surface area contributed by atoms with E-state index in [0.717, 1.165) is 24.2 Å². The van der Waals surface area contributed by atoms with Gasteiger partial charge in [-0.3, -0.25) is 9.59 Å². The van der Waals surface area contributed by atoms with Crippen LogP contribution >= 0.6 is 0 Å². The minimum Gasteiger partial charge on any atom is -0.481 e. The highest BCUT2D eigenvalue weighted by Crippen LogP contribution is 2.23. The molecule has 0 bridgehead atoms. The zero-order valence-corrected chi connectivity index (χ0v) is 27.6. The second-order valence-corrected chi connectivity index (χ2v) is 14.0. The SMILES string of the molecule is C1CCC(NC2CCCCC2)CC1.C1CCC(NC2CCCCC2)CC1.CC(C)C[C@H](NC(=O)CCCC(=O)O)C(=O)O. The monoisotopic (exact) mass is 607 g/mol. The van der Waals surface area contributed by atoms with Crippen LogP contribution in [0.5, 0.6) is 0 Å². The number of carboxylic acids is 2. The van der Waals surface area contributed by atoms with E-state index in [-0.39, 0.29) is 25.2 Å². The number of rotatable bonds is 12. The first-order valence-corrected chi connectivity index (χ1v) is 18.0. The van der Waals surface area contributed by atoms with E-state index in [1.807, 2.05) is 13.8 Å². The summed E-state index contributed by atoms with van der Waals surface area (Å²) in [5, 5.41) is 27.4. The van der Waals surface area contributed by atoms with Gasteiger partial charge < -0.3 is 26.2 Å². The van der Waals surface area contributed by atoms with Crippen LogP contribution in [-0.2, 0) is 14.4 Å². The van der Waals surface area contributed by atoms with Gasteiger partial charge in [-0.25, -0.2) is 4.79 Å². The third kappa shape index (κ3) is 18.7. The number of hydrogen-bond acceptors (Lipinski definition) is 5. The second-order valence-electron chi connectivity index (χ2n) is 14.0. The number of carboxylic acid groups (broad SMARTS) is 2. The topological polar surface area (TPSA) is 128 Å². The van der Waals surface area contributed by atoms with Crippen molar-refractivity contribution in [2.24, 2.45) is 5.92 Å². The minimum atomic E-state index is -1.06. The first-order chi connectivity index (χ1) is 20.7. The van der Waals surface area contributed by atoms with Crippen molar-refractivity contribution >= 4 is 17.8 Å². The molecular weight excluding hydrogens is 542 g/mol. The van der Waals surface area contributed by atoms with Crippen molar-refractivity contribution in [2.45, 2.75) is 198 Å². The first kappa shape index (κ1) is 37.5. The third-order valence-electron chi connectivity index (χ3n) is 9.50. The second kappa shape index (κ2) is 22.8. The van der Waals surface area contributed by atoms with Crippen LogP contribution in [0.1, 0.15) is 168 Å². The van der Waals surface area contributed by atoms with Crippen molar-refractivity contribution in [3.8, 4) is 0 Å². The molecule has 0 heterocycles. The number of aliphatic carboxylic acids is 2. The summed E-state index contributed by atoms with van der Waals surface area (Å²) >= 11 is 0. The predicted octanol–water partition coefficient (Wildman–Crippen LogP) is 7.34. The van der Waals surface area contributed by atoms with E-state index in [1.165, 1.54) is 128 Å². The van der Waals surface area contributed by atoms with Crippen molar-refractivity contribution < 1.29 is 24.6 Å². The number of carbonyl (C=O) groups excluding carboxylic acids is 1. The number of amides is 1. The van der Waals surface area contributed by atoms with E-state index in [2.05, 4.69) is 16.0 Å². The summed E-state index contributed by atoms with van der Waals surface area (Å²) in [4.78, 5) is 32.4. The highest BCUT2D eigenvalue weighted by atomic mass is 16.4. The van der Waals surface area contributed by atoms with E-state index in [0.29, 0.717) is 6.42 Å². The van der Waals surface area contributed by atoms with Crippen molar-refractivity contribution in [2.75, 3.05) is 0 Å². The van der Waals surface area contributed by atoms with Gasteiger partial charge >= 0.3 is 11.9 Å². The molecular formula is C35H65N3O5. The van der Waals surface area contributed by atoms with Gasteiger partial charge in [0.15, 0.2) is 0 Å². The Balaban J connectivity index is 0.000000227. The molecule has 8 nitrogen and oxygen atoms in total.